The van der Waals surface area contributed by atoms with Crippen LogP contribution < -0.4 is 5.32 Å². The third-order valence-electron chi connectivity index (χ3n) is 3.17. The molecule has 0 bridgehead atoms. The van der Waals surface area contributed by atoms with Gasteiger partial charge in [0.15, 0.2) is 5.54 Å². The van der Waals surface area contributed by atoms with Gasteiger partial charge in [-0.15, -0.1) is 0 Å². The Hall–Kier alpha value is -1.94. The van der Waals surface area contributed by atoms with Crippen molar-refractivity contribution in [1.82, 2.24) is 14.1 Å². The molecule has 0 saturated carbocycles. The highest BCUT2D eigenvalue weighted by molar-refractivity contribution is 7.89. The summed E-state index contributed by atoms with van der Waals surface area (Å²) in [5, 5.41) is 15.5. The fraction of sp³-hybridized carbons (Fsp3) is 0.583. The Morgan fingerprint density at radius 3 is 2.55 bits per heavy atom. The zero-order chi connectivity index (χ0) is 17.1. The summed E-state index contributed by atoms with van der Waals surface area (Å²) >= 11 is 0. The molecule has 124 valence electrons. The van der Waals surface area contributed by atoms with E-state index in [1.54, 1.807) is 0 Å². The Balaban J connectivity index is 2.75. The van der Waals surface area contributed by atoms with Crippen LogP contribution in [0.4, 0.5) is 5.69 Å². The molecule has 1 aromatic rings. The monoisotopic (exact) mass is 332 g/mol. The highest BCUT2D eigenvalue weighted by Gasteiger charge is 2.30. The van der Waals surface area contributed by atoms with E-state index in [-0.39, 0.29) is 12.3 Å². The van der Waals surface area contributed by atoms with Crippen molar-refractivity contribution >= 4 is 27.6 Å². The fourth-order valence-electron chi connectivity index (χ4n) is 1.51. The third kappa shape index (κ3) is 4.04. The van der Waals surface area contributed by atoms with Crippen LogP contribution in [0.15, 0.2) is 12.4 Å². The summed E-state index contributed by atoms with van der Waals surface area (Å²) in [7, 11) is -2.13. The van der Waals surface area contributed by atoms with E-state index in [1.165, 1.54) is 44.9 Å². The second kappa shape index (κ2) is 6.44. The predicted molar refractivity (Wildman–Crippen MR) is 79.9 cm³/mol. The first-order valence-corrected chi connectivity index (χ1v) is 8.14. The first kappa shape index (κ1) is 18.1. The van der Waals surface area contributed by atoms with Gasteiger partial charge in [-0.25, -0.2) is 13.2 Å². The summed E-state index contributed by atoms with van der Waals surface area (Å²) in [4.78, 5) is 22.9. The van der Waals surface area contributed by atoms with Crippen LogP contribution >= 0.6 is 0 Å². The molecule has 0 aliphatic carbocycles. The van der Waals surface area contributed by atoms with Crippen LogP contribution in [0.25, 0.3) is 0 Å². The van der Waals surface area contributed by atoms with Crippen LogP contribution in [0, 0.1) is 0 Å². The Kier molecular flexibility index (Phi) is 5.30. The molecule has 1 rings (SSSR count). The first-order valence-electron chi connectivity index (χ1n) is 6.53. The summed E-state index contributed by atoms with van der Waals surface area (Å²) < 4.78 is 25.3. The Morgan fingerprint density at radius 2 is 2.05 bits per heavy atom. The van der Waals surface area contributed by atoms with Crippen molar-refractivity contribution < 1.29 is 23.1 Å². The van der Waals surface area contributed by atoms with Crippen LogP contribution in [0.5, 0.6) is 0 Å². The molecule has 1 amide bonds. The minimum absolute atomic E-state index is 0.0957. The van der Waals surface area contributed by atoms with Crippen molar-refractivity contribution in [2.75, 3.05) is 24.7 Å². The Bertz CT molecular complexity index is 665. The number of nitrogens with zero attached hydrogens (tertiary/aromatic N) is 3. The maximum atomic E-state index is 11.8. The molecule has 10 heteroatoms. The fourth-order valence-corrected chi connectivity index (χ4v) is 2.27. The molecule has 22 heavy (non-hydrogen) atoms. The Labute approximate surface area is 129 Å². The average molecular weight is 332 g/mol. The van der Waals surface area contributed by atoms with Crippen LogP contribution in [0.1, 0.15) is 20.8 Å². The maximum Gasteiger partial charge on any atom is 0.331 e. The first-order chi connectivity index (χ1) is 10.0. The minimum Gasteiger partial charge on any atom is -0.479 e. The van der Waals surface area contributed by atoms with E-state index in [9.17, 15) is 18.0 Å². The number of likely N-dealkylation sites (N-methyl/N-ethyl adjacent to an activating group) is 1. The van der Waals surface area contributed by atoms with Crippen LogP contribution in [0.3, 0.4) is 0 Å². The number of hydrogen-bond donors (Lipinski definition) is 2. The van der Waals surface area contributed by atoms with Crippen molar-refractivity contribution in [2.45, 2.75) is 26.3 Å². The van der Waals surface area contributed by atoms with E-state index in [0.717, 1.165) is 4.31 Å². The number of carbonyl (C=O) groups is 2. The molecule has 1 heterocycles. The van der Waals surface area contributed by atoms with Gasteiger partial charge >= 0.3 is 5.97 Å². The Morgan fingerprint density at radius 1 is 1.45 bits per heavy atom. The van der Waals surface area contributed by atoms with E-state index in [4.69, 9.17) is 5.11 Å². The molecule has 0 unspecified atom stereocenters. The molecule has 0 spiro atoms. The summed E-state index contributed by atoms with van der Waals surface area (Å²) in [5.74, 6) is -1.70. The standard InChI is InChI=1S/C12H20N4O5S/c1-5-22(20,21)15(4)8-10(17)14-9-6-13-16(7-9)12(2,3)11(18)19/h6-7H,5,8H2,1-4H3,(H,14,17)(H,18,19). The topological polar surface area (TPSA) is 122 Å². The van der Waals surface area contributed by atoms with Gasteiger partial charge in [0.05, 0.1) is 24.2 Å². The van der Waals surface area contributed by atoms with Gasteiger partial charge in [0.25, 0.3) is 0 Å². The number of rotatable bonds is 7. The second-order valence-electron chi connectivity index (χ2n) is 5.24. The van der Waals surface area contributed by atoms with Gasteiger partial charge < -0.3 is 10.4 Å². The van der Waals surface area contributed by atoms with Crippen molar-refractivity contribution in [3.63, 3.8) is 0 Å². The van der Waals surface area contributed by atoms with Crippen molar-refractivity contribution in [2.24, 2.45) is 0 Å². The number of nitrogens with one attached hydrogen (secondary N) is 1. The summed E-state index contributed by atoms with van der Waals surface area (Å²) in [5.41, 5.74) is -0.965. The molecule has 0 aliphatic rings. The number of amides is 1. The van der Waals surface area contributed by atoms with Gasteiger partial charge in [0, 0.05) is 13.2 Å². The van der Waals surface area contributed by atoms with Crippen molar-refractivity contribution in [3.8, 4) is 0 Å². The highest BCUT2D eigenvalue weighted by atomic mass is 32.2. The van der Waals surface area contributed by atoms with Gasteiger partial charge in [0.1, 0.15) is 0 Å². The summed E-state index contributed by atoms with van der Waals surface area (Å²) in [6, 6.07) is 0. The zero-order valence-corrected chi connectivity index (χ0v) is 13.7. The van der Waals surface area contributed by atoms with Gasteiger partial charge in [-0.05, 0) is 20.8 Å². The maximum absolute atomic E-state index is 11.8. The zero-order valence-electron chi connectivity index (χ0n) is 12.9. The molecule has 0 radical (unpaired) electrons. The van der Waals surface area contributed by atoms with Crippen LogP contribution in [-0.2, 0) is 25.2 Å². The minimum atomic E-state index is -3.44. The van der Waals surface area contributed by atoms with E-state index >= 15 is 0 Å². The lowest BCUT2D eigenvalue weighted by molar-refractivity contribution is -0.146. The van der Waals surface area contributed by atoms with E-state index < -0.39 is 27.4 Å². The van der Waals surface area contributed by atoms with Gasteiger partial charge in [-0.1, -0.05) is 0 Å². The SMILES string of the molecule is CCS(=O)(=O)N(C)CC(=O)Nc1cnn(C(C)(C)C(=O)O)c1. The molecule has 2 N–H and O–H groups in total. The smallest absolute Gasteiger partial charge is 0.331 e. The number of carboxylic acid groups (broad SMARTS) is 1. The average Bonchev–Trinajstić information content (AvgIpc) is 2.87. The van der Waals surface area contributed by atoms with Gasteiger partial charge in [0.2, 0.25) is 15.9 Å². The summed E-state index contributed by atoms with van der Waals surface area (Å²) in [6.07, 6.45) is 2.68. The number of aromatic nitrogens is 2. The van der Waals surface area contributed by atoms with Gasteiger partial charge in [-0.2, -0.15) is 9.40 Å². The number of sulfonamides is 1. The highest BCUT2D eigenvalue weighted by Crippen LogP contribution is 2.17. The lowest BCUT2D eigenvalue weighted by Gasteiger charge is -2.19. The second-order valence-corrected chi connectivity index (χ2v) is 7.61. The molecule has 1 aromatic heterocycles. The number of carbonyl (C=O) groups excluding carboxylic acids is 1. The molecule has 0 aromatic carbocycles. The molecule has 0 atom stereocenters. The number of anilines is 1. The van der Waals surface area contributed by atoms with Crippen molar-refractivity contribution in [3.05, 3.63) is 12.4 Å². The van der Waals surface area contributed by atoms with E-state index in [0.29, 0.717) is 5.69 Å². The molecular weight excluding hydrogens is 312 g/mol. The van der Waals surface area contributed by atoms with Crippen LogP contribution in [0.2, 0.25) is 0 Å². The molecule has 0 aliphatic heterocycles. The van der Waals surface area contributed by atoms with E-state index in [2.05, 4.69) is 10.4 Å². The quantitative estimate of drug-likeness (QED) is 0.720. The molecule has 0 fully saturated rings. The van der Waals surface area contributed by atoms with Crippen LogP contribution in [-0.4, -0.2) is 58.8 Å². The normalized spacial score (nSPS) is 12.4. The third-order valence-corrected chi connectivity index (χ3v) is 4.98. The molecule has 9 nitrogen and oxygen atoms in total. The summed E-state index contributed by atoms with van der Waals surface area (Å²) in [6.45, 7) is 4.09. The van der Waals surface area contributed by atoms with Gasteiger partial charge in [-0.3, -0.25) is 9.48 Å². The molecule has 0 saturated heterocycles. The molecular formula is C12H20N4O5S. The van der Waals surface area contributed by atoms with E-state index in [1.807, 2.05) is 0 Å². The lowest BCUT2D eigenvalue weighted by Crippen LogP contribution is -2.36. The number of aliphatic carboxylic acids is 1. The van der Waals surface area contributed by atoms with Crippen molar-refractivity contribution in [1.29, 1.82) is 0 Å². The lowest BCUT2D eigenvalue weighted by atomic mass is 10.1. The predicted octanol–water partition coefficient (Wildman–Crippen LogP) is -0.0772. The largest absolute Gasteiger partial charge is 0.479 e. The number of carboxylic acids is 1. The number of hydrogen-bond acceptors (Lipinski definition) is 5.